The molecule has 1 heterocycles. The van der Waals surface area contributed by atoms with E-state index in [1.807, 2.05) is 47.1 Å². The predicted molar refractivity (Wildman–Crippen MR) is 117 cm³/mol. The van der Waals surface area contributed by atoms with Crippen LogP contribution in [-0.2, 0) is 0 Å². The summed E-state index contributed by atoms with van der Waals surface area (Å²) in [5.74, 6) is 0.692. The van der Waals surface area contributed by atoms with E-state index in [1.165, 1.54) is 5.56 Å². The Morgan fingerprint density at radius 1 is 0.857 bits per heavy atom. The van der Waals surface area contributed by atoms with E-state index >= 15 is 0 Å². The number of aryl methyl sites for hydroxylation is 1. The summed E-state index contributed by atoms with van der Waals surface area (Å²) >= 11 is 12.5. The van der Waals surface area contributed by atoms with Crippen LogP contribution in [-0.4, -0.2) is 16.0 Å². The van der Waals surface area contributed by atoms with Crippen LogP contribution >= 0.6 is 23.2 Å². The van der Waals surface area contributed by atoms with Crippen molar-refractivity contribution in [2.75, 3.05) is 0 Å². The van der Waals surface area contributed by atoms with Crippen molar-refractivity contribution in [2.45, 2.75) is 6.92 Å². The Morgan fingerprint density at radius 2 is 1.54 bits per heavy atom. The second-order valence-electron chi connectivity index (χ2n) is 6.39. The minimum atomic E-state index is 0.556. The summed E-state index contributed by atoms with van der Waals surface area (Å²) < 4.78 is 1.82. The summed E-state index contributed by atoms with van der Waals surface area (Å²) in [7, 11) is 0. The van der Waals surface area contributed by atoms with Crippen molar-refractivity contribution in [1.29, 1.82) is 0 Å². The van der Waals surface area contributed by atoms with E-state index in [4.69, 9.17) is 28.3 Å². The third kappa shape index (κ3) is 3.86. The van der Waals surface area contributed by atoms with Crippen molar-refractivity contribution in [3.05, 3.63) is 100 Å². The molecule has 0 saturated heterocycles. The number of hydrogen-bond acceptors (Lipinski definition) is 2. The number of benzene rings is 3. The highest BCUT2D eigenvalue weighted by Crippen LogP contribution is 2.28. The topological polar surface area (TPSA) is 30.2 Å². The number of aromatic nitrogens is 2. The fourth-order valence-corrected chi connectivity index (χ4v) is 3.35. The Hall–Kier alpha value is -2.88. The zero-order valence-electron chi connectivity index (χ0n) is 15.2. The summed E-state index contributed by atoms with van der Waals surface area (Å²) in [6, 6.07) is 25.5. The van der Waals surface area contributed by atoms with Gasteiger partial charge in [-0.15, -0.1) is 0 Å². The molecule has 5 heteroatoms. The lowest BCUT2D eigenvalue weighted by atomic mass is 10.1. The zero-order chi connectivity index (χ0) is 19.5. The lowest BCUT2D eigenvalue weighted by Crippen LogP contribution is -1.96. The SMILES string of the molecule is Cc1ccc(-c2cc(N=Cc3c(Cl)cccc3Cl)n(-c3ccccc3)n2)cc1. The maximum Gasteiger partial charge on any atom is 0.156 e. The zero-order valence-corrected chi connectivity index (χ0v) is 16.7. The summed E-state index contributed by atoms with van der Waals surface area (Å²) in [6.07, 6.45) is 1.68. The summed E-state index contributed by atoms with van der Waals surface area (Å²) in [4.78, 5) is 4.64. The van der Waals surface area contributed by atoms with E-state index in [9.17, 15) is 0 Å². The molecule has 0 fully saturated rings. The molecule has 0 spiro atoms. The molecule has 0 radical (unpaired) electrons. The van der Waals surface area contributed by atoms with Gasteiger partial charge in [0.15, 0.2) is 5.82 Å². The smallest absolute Gasteiger partial charge is 0.156 e. The number of hydrogen-bond donors (Lipinski definition) is 0. The minimum Gasteiger partial charge on any atom is -0.236 e. The van der Waals surface area contributed by atoms with Gasteiger partial charge in [0.1, 0.15) is 0 Å². The third-order valence-corrected chi connectivity index (χ3v) is 5.02. The molecule has 3 nitrogen and oxygen atoms in total. The fraction of sp³-hybridized carbons (Fsp3) is 0.0435. The van der Waals surface area contributed by atoms with E-state index in [2.05, 4.69) is 36.2 Å². The highest BCUT2D eigenvalue weighted by Gasteiger charge is 2.11. The molecule has 3 aromatic carbocycles. The van der Waals surface area contributed by atoms with Crippen LogP contribution in [0.1, 0.15) is 11.1 Å². The Bertz CT molecular complexity index is 1110. The average Bonchev–Trinajstić information content (AvgIpc) is 3.13. The summed E-state index contributed by atoms with van der Waals surface area (Å²) in [5, 5.41) is 5.89. The molecule has 0 saturated carbocycles. The lowest BCUT2D eigenvalue weighted by molar-refractivity contribution is 0.885. The second-order valence-corrected chi connectivity index (χ2v) is 7.21. The maximum absolute atomic E-state index is 6.27. The van der Waals surface area contributed by atoms with Crippen LogP contribution in [0.15, 0.2) is 83.9 Å². The Balaban J connectivity index is 1.81. The number of nitrogens with zero attached hydrogens (tertiary/aromatic N) is 3. The van der Waals surface area contributed by atoms with E-state index in [0.717, 1.165) is 16.9 Å². The molecule has 0 aliphatic heterocycles. The van der Waals surface area contributed by atoms with Gasteiger partial charge in [-0.25, -0.2) is 9.67 Å². The molecule has 0 atom stereocenters. The van der Waals surface area contributed by atoms with Crippen LogP contribution in [0, 0.1) is 6.92 Å². The molecule has 28 heavy (non-hydrogen) atoms. The quantitative estimate of drug-likeness (QED) is 0.339. The van der Waals surface area contributed by atoms with Crippen LogP contribution in [0.4, 0.5) is 5.82 Å². The van der Waals surface area contributed by atoms with Gasteiger partial charge in [0.2, 0.25) is 0 Å². The van der Waals surface area contributed by atoms with Crippen molar-refractivity contribution >= 4 is 35.2 Å². The second kappa shape index (κ2) is 8.01. The number of halogens is 2. The van der Waals surface area contributed by atoms with Crippen LogP contribution < -0.4 is 0 Å². The van der Waals surface area contributed by atoms with Gasteiger partial charge in [-0.1, -0.05) is 77.3 Å². The van der Waals surface area contributed by atoms with Gasteiger partial charge >= 0.3 is 0 Å². The first-order chi connectivity index (χ1) is 13.6. The number of rotatable bonds is 4. The van der Waals surface area contributed by atoms with Crippen LogP contribution in [0.5, 0.6) is 0 Å². The molecule has 0 bridgehead atoms. The van der Waals surface area contributed by atoms with Crippen molar-refractivity contribution in [3.8, 4) is 16.9 Å². The van der Waals surface area contributed by atoms with Gasteiger partial charge in [0.05, 0.1) is 21.4 Å². The average molecular weight is 406 g/mol. The molecular weight excluding hydrogens is 389 g/mol. The molecule has 0 N–H and O–H groups in total. The molecule has 0 aliphatic carbocycles. The standard InChI is InChI=1S/C23H17Cl2N3/c1-16-10-12-17(13-11-16)22-14-23(28(27-22)18-6-3-2-4-7-18)26-15-19-20(24)8-5-9-21(19)25/h2-15H,1H3. The lowest BCUT2D eigenvalue weighted by Gasteiger charge is -2.04. The molecule has 0 unspecified atom stereocenters. The van der Waals surface area contributed by atoms with Gasteiger partial charge in [-0.3, -0.25) is 0 Å². The predicted octanol–water partition coefficient (Wildman–Crippen LogP) is 6.91. The first kappa shape index (κ1) is 18.5. The van der Waals surface area contributed by atoms with Gasteiger partial charge in [-0.2, -0.15) is 5.10 Å². The van der Waals surface area contributed by atoms with Crippen LogP contribution in [0.2, 0.25) is 10.0 Å². The van der Waals surface area contributed by atoms with E-state index < -0.39 is 0 Å². The Kier molecular flexibility index (Phi) is 5.29. The van der Waals surface area contributed by atoms with Crippen LogP contribution in [0.3, 0.4) is 0 Å². The third-order valence-electron chi connectivity index (χ3n) is 4.36. The molecular formula is C23H17Cl2N3. The Morgan fingerprint density at radius 3 is 2.21 bits per heavy atom. The highest BCUT2D eigenvalue weighted by molar-refractivity contribution is 6.38. The van der Waals surface area contributed by atoms with Gasteiger partial charge in [0.25, 0.3) is 0 Å². The van der Waals surface area contributed by atoms with Gasteiger partial charge in [-0.05, 0) is 31.2 Å². The molecule has 0 aliphatic rings. The number of aliphatic imine (C=N–C) groups is 1. The molecule has 0 amide bonds. The van der Waals surface area contributed by atoms with Crippen molar-refractivity contribution < 1.29 is 0 Å². The van der Waals surface area contributed by atoms with E-state index in [1.54, 1.807) is 18.3 Å². The van der Waals surface area contributed by atoms with Crippen LogP contribution in [0.25, 0.3) is 16.9 Å². The highest BCUT2D eigenvalue weighted by atomic mass is 35.5. The summed E-state index contributed by atoms with van der Waals surface area (Å²) in [6.45, 7) is 2.06. The minimum absolute atomic E-state index is 0.556. The largest absolute Gasteiger partial charge is 0.236 e. The Labute approximate surface area is 173 Å². The van der Waals surface area contributed by atoms with E-state index in [0.29, 0.717) is 21.4 Å². The van der Waals surface area contributed by atoms with Gasteiger partial charge < -0.3 is 0 Å². The maximum atomic E-state index is 6.27. The first-order valence-corrected chi connectivity index (χ1v) is 9.58. The normalized spacial score (nSPS) is 11.2. The number of para-hydroxylation sites is 1. The first-order valence-electron chi connectivity index (χ1n) is 8.82. The van der Waals surface area contributed by atoms with E-state index in [-0.39, 0.29) is 0 Å². The van der Waals surface area contributed by atoms with Crippen molar-refractivity contribution in [2.24, 2.45) is 4.99 Å². The van der Waals surface area contributed by atoms with Crippen molar-refractivity contribution in [1.82, 2.24) is 9.78 Å². The molecule has 1 aromatic heterocycles. The molecule has 4 rings (SSSR count). The summed E-state index contributed by atoms with van der Waals surface area (Å²) in [5.41, 5.74) is 4.70. The molecule has 138 valence electrons. The van der Waals surface area contributed by atoms with Crippen molar-refractivity contribution in [3.63, 3.8) is 0 Å². The van der Waals surface area contributed by atoms with Gasteiger partial charge in [0, 0.05) is 23.4 Å². The monoisotopic (exact) mass is 405 g/mol. The fourth-order valence-electron chi connectivity index (χ4n) is 2.85. The molecule has 4 aromatic rings.